The van der Waals surface area contributed by atoms with Crippen molar-refractivity contribution in [3.63, 3.8) is 0 Å². The molecule has 0 spiro atoms. The number of fused-ring (bicyclic) bond motifs is 1. The van der Waals surface area contributed by atoms with E-state index < -0.39 is 5.97 Å². The highest BCUT2D eigenvalue weighted by atomic mass is 32.2. The lowest BCUT2D eigenvalue weighted by atomic mass is 10.1. The van der Waals surface area contributed by atoms with Gasteiger partial charge in [0.2, 0.25) is 0 Å². The Kier molecular flexibility index (Phi) is 9.96. The second kappa shape index (κ2) is 13.4. The highest BCUT2D eigenvalue weighted by molar-refractivity contribution is 8.26. The Morgan fingerprint density at radius 2 is 1.76 bits per heavy atom. The molecule has 0 unspecified atom stereocenters. The number of carbonyl (C=O) groups excluding carboxylic acids is 1. The molecular weight excluding hydrogens is 520 g/mol. The number of unbranched alkanes of at least 4 members (excludes halogenated alkanes) is 6. The molecule has 1 amide bonds. The summed E-state index contributed by atoms with van der Waals surface area (Å²) < 4.78 is 2.09. The number of hydrogen-bond donors (Lipinski definition) is 1. The molecule has 2 aromatic heterocycles. The number of carbonyl (C=O) groups is 2. The van der Waals surface area contributed by atoms with Crippen LogP contribution in [0.2, 0.25) is 0 Å². The average molecular weight is 557 g/mol. The second-order valence-corrected chi connectivity index (χ2v) is 11.7. The fourth-order valence-corrected chi connectivity index (χ4v) is 6.32. The number of aromatic nitrogens is 2. The lowest BCUT2D eigenvalue weighted by Gasteiger charge is -2.29. The summed E-state index contributed by atoms with van der Waals surface area (Å²) in [4.78, 5) is 46.7. The zero-order valence-electron chi connectivity index (χ0n) is 22.0. The summed E-state index contributed by atoms with van der Waals surface area (Å²) in [5.74, 6) is -0.230. The zero-order valence-corrected chi connectivity index (χ0v) is 23.6. The maximum Gasteiger partial charge on any atom is 0.303 e. The largest absolute Gasteiger partial charge is 0.481 e. The monoisotopic (exact) mass is 556 g/mol. The van der Waals surface area contributed by atoms with E-state index in [0.717, 1.165) is 76.4 Å². The van der Waals surface area contributed by atoms with Crippen molar-refractivity contribution in [3.05, 3.63) is 44.7 Å². The quantitative estimate of drug-likeness (QED) is 0.211. The van der Waals surface area contributed by atoms with Gasteiger partial charge in [0, 0.05) is 32.3 Å². The molecule has 38 heavy (non-hydrogen) atoms. The number of hydrogen-bond acceptors (Lipinski definition) is 7. The van der Waals surface area contributed by atoms with Gasteiger partial charge in [-0.1, -0.05) is 62.2 Å². The minimum Gasteiger partial charge on any atom is -0.481 e. The van der Waals surface area contributed by atoms with Crippen LogP contribution >= 0.6 is 24.0 Å². The van der Waals surface area contributed by atoms with Crippen molar-refractivity contribution in [1.29, 1.82) is 0 Å². The number of aryl methyl sites for hydroxylation is 1. The first-order valence-electron chi connectivity index (χ1n) is 13.6. The summed E-state index contributed by atoms with van der Waals surface area (Å²) in [5, 5.41) is 8.70. The van der Waals surface area contributed by atoms with Crippen LogP contribution in [0.1, 0.15) is 81.8 Å². The van der Waals surface area contributed by atoms with Crippen molar-refractivity contribution in [2.45, 2.75) is 77.6 Å². The van der Waals surface area contributed by atoms with Gasteiger partial charge in [-0.05, 0) is 56.7 Å². The van der Waals surface area contributed by atoms with E-state index in [1.165, 1.54) is 18.2 Å². The van der Waals surface area contributed by atoms with Crippen molar-refractivity contribution in [1.82, 2.24) is 14.3 Å². The summed E-state index contributed by atoms with van der Waals surface area (Å²) in [7, 11) is 0. The fourth-order valence-electron chi connectivity index (χ4n) is 5.03. The van der Waals surface area contributed by atoms with Crippen LogP contribution in [-0.4, -0.2) is 55.2 Å². The van der Waals surface area contributed by atoms with Crippen molar-refractivity contribution in [2.24, 2.45) is 0 Å². The van der Waals surface area contributed by atoms with E-state index in [9.17, 15) is 14.4 Å². The summed E-state index contributed by atoms with van der Waals surface area (Å²) >= 11 is 6.79. The predicted molar refractivity (Wildman–Crippen MR) is 157 cm³/mol. The van der Waals surface area contributed by atoms with Crippen molar-refractivity contribution in [2.75, 3.05) is 24.5 Å². The van der Waals surface area contributed by atoms with Crippen LogP contribution in [0.15, 0.2) is 28.0 Å². The molecule has 0 aromatic carbocycles. The molecule has 8 nitrogen and oxygen atoms in total. The minimum atomic E-state index is -0.734. The molecule has 2 aliphatic rings. The van der Waals surface area contributed by atoms with Gasteiger partial charge >= 0.3 is 5.97 Å². The van der Waals surface area contributed by atoms with Gasteiger partial charge in [0.1, 0.15) is 15.8 Å². The lowest BCUT2D eigenvalue weighted by Crippen LogP contribution is -2.34. The van der Waals surface area contributed by atoms with Crippen LogP contribution in [0.5, 0.6) is 0 Å². The molecule has 0 saturated carbocycles. The summed E-state index contributed by atoms with van der Waals surface area (Å²) in [5.41, 5.74) is 1.84. The maximum absolute atomic E-state index is 13.6. The van der Waals surface area contributed by atoms with Gasteiger partial charge in [-0.25, -0.2) is 4.98 Å². The van der Waals surface area contributed by atoms with Gasteiger partial charge in [0.05, 0.1) is 10.5 Å². The topological polar surface area (TPSA) is 95.2 Å². The van der Waals surface area contributed by atoms with E-state index >= 15 is 0 Å². The number of pyridine rings is 1. The fraction of sp³-hybridized carbons (Fsp3) is 0.536. The number of thiocarbonyl (C=S) groups is 1. The normalized spacial score (nSPS) is 17.2. The predicted octanol–water partition coefficient (Wildman–Crippen LogP) is 5.40. The number of rotatable bonds is 12. The maximum atomic E-state index is 13.6. The van der Waals surface area contributed by atoms with Gasteiger partial charge in [-0.15, -0.1) is 0 Å². The molecule has 0 radical (unpaired) electrons. The molecule has 204 valence electrons. The molecule has 2 aliphatic heterocycles. The molecule has 0 atom stereocenters. The average Bonchev–Trinajstić information content (AvgIpc) is 3.17. The van der Waals surface area contributed by atoms with E-state index in [-0.39, 0.29) is 17.9 Å². The molecule has 1 N–H and O–H groups in total. The molecule has 4 rings (SSSR count). The molecule has 2 saturated heterocycles. The second-order valence-electron chi connectivity index (χ2n) is 10.0. The van der Waals surface area contributed by atoms with E-state index in [0.29, 0.717) is 32.8 Å². The summed E-state index contributed by atoms with van der Waals surface area (Å²) in [6.45, 7) is 4.20. The summed E-state index contributed by atoms with van der Waals surface area (Å²) in [6.07, 6.45) is 13.6. The number of thioether (sulfide) groups is 1. The number of piperidine rings is 1. The number of amides is 1. The van der Waals surface area contributed by atoms with Gasteiger partial charge < -0.3 is 10.0 Å². The van der Waals surface area contributed by atoms with Gasteiger partial charge in [0.15, 0.2) is 0 Å². The van der Waals surface area contributed by atoms with Crippen molar-refractivity contribution in [3.8, 4) is 0 Å². The Morgan fingerprint density at radius 1 is 1.08 bits per heavy atom. The van der Waals surface area contributed by atoms with E-state index in [2.05, 4.69) is 4.90 Å². The number of carboxylic acids is 1. The molecule has 4 heterocycles. The van der Waals surface area contributed by atoms with Crippen LogP contribution in [0, 0.1) is 6.92 Å². The Labute approximate surface area is 233 Å². The van der Waals surface area contributed by atoms with Crippen LogP contribution in [-0.2, 0) is 9.59 Å². The Morgan fingerprint density at radius 3 is 2.47 bits per heavy atom. The smallest absolute Gasteiger partial charge is 0.303 e. The zero-order chi connectivity index (χ0) is 27.1. The van der Waals surface area contributed by atoms with Crippen molar-refractivity contribution >= 4 is 57.7 Å². The van der Waals surface area contributed by atoms with Crippen molar-refractivity contribution < 1.29 is 14.7 Å². The highest BCUT2D eigenvalue weighted by Crippen LogP contribution is 2.34. The van der Waals surface area contributed by atoms with Crippen LogP contribution < -0.4 is 10.5 Å². The molecule has 2 fully saturated rings. The molecule has 2 aromatic rings. The van der Waals surface area contributed by atoms with Crippen LogP contribution in [0.25, 0.3) is 11.7 Å². The molecule has 0 aliphatic carbocycles. The third kappa shape index (κ3) is 6.83. The Hall–Kier alpha value is -2.72. The van der Waals surface area contributed by atoms with E-state index in [4.69, 9.17) is 22.3 Å². The third-order valence-corrected chi connectivity index (χ3v) is 8.52. The SMILES string of the molecule is Cc1cccn2c(=O)c(C=C3SC(=S)N(CCCCCCCCCC(=O)O)C3=O)c(N3CCCCC3)nc12. The van der Waals surface area contributed by atoms with Gasteiger partial charge in [-0.2, -0.15) is 0 Å². The van der Waals surface area contributed by atoms with E-state index in [1.54, 1.807) is 21.6 Å². The molecule has 10 heteroatoms. The first kappa shape index (κ1) is 28.3. The number of aliphatic carboxylic acids is 1. The lowest BCUT2D eigenvalue weighted by molar-refractivity contribution is -0.137. The number of carboxylic acid groups (broad SMARTS) is 1. The Bertz CT molecular complexity index is 1280. The number of nitrogens with zero attached hydrogens (tertiary/aromatic N) is 4. The number of anilines is 1. The first-order valence-corrected chi connectivity index (χ1v) is 14.8. The first-order chi connectivity index (χ1) is 18.4. The van der Waals surface area contributed by atoms with Gasteiger partial charge in [-0.3, -0.25) is 23.7 Å². The third-order valence-electron chi connectivity index (χ3n) is 7.14. The van der Waals surface area contributed by atoms with E-state index in [1.807, 2.05) is 19.1 Å². The van der Waals surface area contributed by atoms with Crippen LogP contribution in [0.3, 0.4) is 0 Å². The van der Waals surface area contributed by atoms with Gasteiger partial charge in [0.25, 0.3) is 11.5 Å². The molecule has 0 bridgehead atoms. The summed E-state index contributed by atoms with van der Waals surface area (Å²) in [6, 6.07) is 3.79. The van der Waals surface area contributed by atoms with Crippen LogP contribution in [0.4, 0.5) is 5.82 Å². The minimum absolute atomic E-state index is 0.146. The Balaban J connectivity index is 1.45. The molecular formula is C28H36N4O4S2. The standard InChI is InChI=1S/C28H36N4O4S2/c1-20-13-12-18-31-24(20)29-25(30-15-9-7-10-16-30)21(26(31)35)19-22-27(36)32(28(37)38-22)17-11-6-4-2-3-5-8-14-23(33)34/h12-13,18-19H,2-11,14-17H2,1H3,(H,33,34). The highest BCUT2D eigenvalue weighted by Gasteiger charge is 2.32.